The number of carboxylic acids is 1. The Morgan fingerprint density at radius 1 is 1.47 bits per heavy atom. The first-order valence-electron chi connectivity index (χ1n) is 5.90. The van der Waals surface area contributed by atoms with Crippen LogP contribution in [0.2, 0.25) is 5.02 Å². The van der Waals surface area contributed by atoms with Gasteiger partial charge in [0.15, 0.2) is 0 Å². The number of halogens is 2. The Balaban J connectivity index is 2.21. The van der Waals surface area contributed by atoms with Crippen LogP contribution in [-0.4, -0.2) is 34.5 Å². The summed E-state index contributed by atoms with van der Waals surface area (Å²) in [6.45, 7) is 2.25. The third kappa shape index (κ3) is 2.86. The zero-order chi connectivity index (χ0) is 14.2. The quantitative estimate of drug-likeness (QED) is 0.786. The molecule has 102 valence electrons. The Labute approximate surface area is 129 Å². The summed E-state index contributed by atoms with van der Waals surface area (Å²) in [6.07, 6.45) is 0.500. The van der Waals surface area contributed by atoms with Crippen LogP contribution >= 0.6 is 34.2 Å². The van der Waals surface area contributed by atoms with Crippen molar-refractivity contribution in [3.63, 3.8) is 0 Å². The van der Waals surface area contributed by atoms with Crippen LogP contribution in [0.25, 0.3) is 0 Å². The number of likely N-dealkylation sites (tertiary alicyclic amines) is 1. The third-order valence-corrected chi connectivity index (χ3v) is 5.07. The van der Waals surface area contributed by atoms with Gasteiger partial charge in [-0.1, -0.05) is 11.6 Å². The molecular weight excluding hydrogens is 381 g/mol. The Kier molecular flexibility index (Phi) is 4.35. The predicted molar refractivity (Wildman–Crippen MR) is 80.4 cm³/mol. The molecule has 6 heteroatoms. The molecule has 2 unspecified atom stereocenters. The van der Waals surface area contributed by atoms with Crippen LogP contribution in [0.5, 0.6) is 0 Å². The lowest BCUT2D eigenvalue weighted by molar-refractivity contribution is -0.142. The van der Waals surface area contributed by atoms with E-state index in [4.69, 9.17) is 16.7 Å². The van der Waals surface area contributed by atoms with E-state index in [2.05, 4.69) is 22.6 Å². The fourth-order valence-electron chi connectivity index (χ4n) is 2.35. The summed E-state index contributed by atoms with van der Waals surface area (Å²) >= 11 is 8.10. The first kappa shape index (κ1) is 14.6. The summed E-state index contributed by atoms with van der Waals surface area (Å²) in [5.74, 6) is -1.48. The first-order chi connectivity index (χ1) is 8.91. The minimum absolute atomic E-state index is 0.158. The van der Waals surface area contributed by atoms with Crippen molar-refractivity contribution in [1.29, 1.82) is 0 Å². The lowest BCUT2D eigenvalue weighted by Crippen LogP contribution is -2.37. The summed E-state index contributed by atoms with van der Waals surface area (Å²) in [6, 6.07) is 4.84. The number of hydrogen-bond donors (Lipinski definition) is 1. The van der Waals surface area contributed by atoms with E-state index in [0.29, 0.717) is 23.6 Å². The van der Waals surface area contributed by atoms with Gasteiger partial charge in [0.1, 0.15) is 0 Å². The number of carbonyl (C=O) groups excluding carboxylic acids is 1. The third-order valence-electron chi connectivity index (χ3n) is 3.50. The van der Waals surface area contributed by atoms with E-state index < -0.39 is 11.9 Å². The number of carbonyl (C=O) groups is 2. The van der Waals surface area contributed by atoms with Gasteiger partial charge in [-0.2, -0.15) is 0 Å². The van der Waals surface area contributed by atoms with Crippen LogP contribution < -0.4 is 0 Å². The fraction of sp³-hybridized carbons (Fsp3) is 0.385. The van der Waals surface area contributed by atoms with E-state index in [0.717, 1.165) is 3.57 Å². The second kappa shape index (κ2) is 5.66. The van der Waals surface area contributed by atoms with Gasteiger partial charge >= 0.3 is 5.97 Å². The SMILES string of the molecule is CC1C(C(=O)O)CCN1C(=O)c1ccc(I)c(Cl)c1. The van der Waals surface area contributed by atoms with Gasteiger partial charge < -0.3 is 10.0 Å². The number of carboxylic acid groups (broad SMARTS) is 1. The summed E-state index contributed by atoms with van der Waals surface area (Å²) in [5, 5.41) is 9.61. The van der Waals surface area contributed by atoms with Crippen molar-refractivity contribution in [2.75, 3.05) is 6.54 Å². The van der Waals surface area contributed by atoms with Crippen LogP contribution in [0.1, 0.15) is 23.7 Å². The molecule has 4 nitrogen and oxygen atoms in total. The highest BCUT2D eigenvalue weighted by atomic mass is 127. The molecule has 1 aromatic carbocycles. The summed E-state index contributed by atoms with van der Waals surface area (Å²) in [5.41, 5.74) is 0.503. The lowest BCUT2D eigenvalue weighted by Gasteiger charge is -2.23. The van der Waals surface area contributed by atoms with E-state index in [1.807, 2.05) is 0 Å². The lowest BCUT2D eigenvalue weighted by atomic mass is 10.0. The molecule has 1 fully saturated rings. The smallest absolute Gasteiger partial charge is 0.308 e. The van der Waals surface area contributed by atoms with Gasteiger partial charge in [-0.05, 0) is 54.1 Å². The minimum Gasteiger partial charge on any atom is -0.481 e. The Morgan fingerprint density at radius 3 is 2.68 bits per heavy atom. The molecule has 0 bridgehead atoms. The monoisotopic (exact) mass is 393 g/mol. The second-order valence-electron chi connectivity index (χ2n) is 4.60. The average molecular weight is 394 g/mol. The topological polar surface area (TPSA) is 57.6 Å². The largest absolute Gasteiger partial charge is 0.481 e. The van der Waals surface area contributed by atoms with Gasteiger partial charge in [-0.15, -0.1) is 0 Å². The first-order valence-corrected chi connectivity index (χ1v) is 7.36. The normalized spacial score (nSPS) is 22.6. The molecule has 19 heavy (non-hydrogen) atoms. The maximum absolute atomic E-state index is 12.4. The molecule has 2 rings (SSSR count). The molecular formula is C13H13ClINO3. The molecule has 1 N–H and O–H groups in total. The Morgan fingerprint density at radius 2 is 2.16 bits per heavy atom. The summed E-state index contributed by atoms with van der Waals surface area (Å²) < 4.78 is 0.883. The van der Waals surface area contributed by atoms with Gasteiger partial charge in [-0.25, -0.2) is 0 Å². The zero-order valence-electron chi connectivity index (χ0n) is 10.3. The standard InChI is InChI=1S/C13H13ClINO3/c1-7-9(13(18)19)4-5-16(7)12(17)8-2-3-11(15)10(14)6-8/h2-3,6-7,9H,4-5H2,1H3,(H,18,19). The van der Waals surface area contributed by atoms with Crippen LogP contribution in [-0.2, 0) is 4.79 Å². The van der Waals surface area contributed by atoms with E-state index >= 15 is 0 Å². The maximum atomic E-state index is 12.4. The van der Waals surface area contributed by atoms with Crippen LogP contribution in [0.4, 0.5) is 0 Å². The van der Waals surface area contributed by atoms with Gasteiger partial charge in [-0.3, -0.25) is 9.59 Å². The van der Waals surface area contributed by atoms with Crippen LogP contribution in [0, 0.1) is 9.49 Å². The number of aliphatic carboxylic acids is 1. The molecule has 1 aromatic rings. The molecule has 1 heterocycles. The van der Waals surface area contributed by atoms with Crippen molar-refractivity contribution < 1.29 is 14.7 Å². The van der Waals surface area contributed by atoms with Crippen LogP contribution in [0.15, 0.2) is 18.2 Å². The molecule has 0 aliphatic carbocycles. The minimum atomic E-state index is -0.844. The number of rotatable bonds is 2. The summed E-state index contributed by atoms with van der Waals surface area (Å²) in [4.78, 5) is 25.0. The van der Waals surface area contributed by atoms with Gasteiger partial charge in [0.2, 0.25) is 0 Å². The van der Waals surface area contributed by atoms with Crippen molar-refractivity contribution in [1.82, 2.24) is 4.90 Å². The van der Waals surface area contributed by atoms with Crippen molar-refractivity contribution in [3.05, 3.63) is 32.4 Å². The van der Waals surface area contributed by atoms with E-state index in [1.54, 1.807) is 30.0 Å². The molecule has 0 radical (unpaired) electrons. The van der Waals surface area contributed by atoms with Crippen molar-refractivity contribution in [2.24, 2.45) is 5.92 Å². The van der Waals surface area contributed by atoms with Gasteiger partial charge in [0.05, 0.1) is 10.9 Å². The van der Waals surface area contributed by atoms with E-state index in [1.165, 1.54) is 0 Å². The van der Waals surface area contributed by atoms with E-state index in [9.17, 15) is 9.59 Å². The summed E-state index contributed by atoms with van der Waals surface area (Å²) in [7, 11) is 0. The molecule has 0 saturated carbocycles. The molecule has 0 spiro atoms. The molecule has 1 amide bonds. The zero-order valence-corrected chi connectivity index (χ0v) is 13.2. The predicted octanol–water partition coefficient (Wildman–Crippen LogP) is 2.88. The van der Waals surface area contributed by atoms with Gasteiger partial charge in [0.25, 0.3) is 5.91 Å². The van der Waals surface area contributed by atoms with Crippen molar-refractivity contribution >= 4 is 46.1 Å². The average Bonchev–Trinajstić information content (AvgIpc) is 2.74. The van der Waals surface area contributed by atoms with Gasteiger partial charge in [0, 0.05) is 21.7 Å². The number of benzene rings is 1. The number of amides is 1. The maximum Gasteiger partial charge on any atom is 0.308 e. The Hall–Kier alpha value is -0.820. The van der Waals surface area contributed by atoms with Crippen LogP contribution in [0.3, 0.4) is 0 Å². The number of nitrogens with zero attached hydrogens (tertiary/aromatic N) is 1. The fourth-order valence-corrected chi connectivity index (χ4v) is 2.87. The Bertz CT molecular complexity index is 535. The van der Waals surface area contributed by atoms with E-state index in [-0.39, 0.29) is 11.9 Å². The van der Waals surface area contributed by atoms with Crippen molar-refractivity contribution in [2.45, 2.75) is 19.4 Å². The number of hydrogen-bond acceptors (Lipinski definition) is 2. The molecule has 0 aromatic heterocycles. The molecule has 2 atom stereocenters. The molecule has 1 saturated heterocycles. The molecule has 1 aliphatic rings. The second-order valence-corrected chi connectivity index (χ2v) is 6.17. The highest BCUT2D eigenvalue weighted by Gasteiger charge is 2.38. The molecule has 1 aliphatic heterocycles. The highest BCUT2D eigenvalue weighted by molar-refractivity contribution is 14.1. The van der Waals surface area contributed by atoms with Crippen molar-refractivity contribution in [3.8, 4) is 0 Å². The highest BCUT2D eigenvalue weighted by Crippen LogP contribution is 2.27.